The van der Waals surface area contributed by atoms with E-state index < -0.39 is 0 Å². The molecule has 66 valence electrons. The van der Waals surface area contributed by atoms with E-state index >= 15 is 0 Å². The number of carbonyl (C=O) groups excluding carboxylic acids is 1. The zero-order valence-electron chi connectivity index (χ0n) is 7.48. The summed E-state index contributed by atoms with van der Waals surface area (Å²) in [4.78, 5) is 11.1. The summed E-state index contributed by atoms with van der Waals surface area (Å²) in [5.74, 6) is 0.893. The molecule has 0 aromatic rings. The fourth-order valence-corrected chi connectivity index (χ4v) is 0.878. The summed E-state index contributed by atoms with van der Waals surface area (Å²) in [5.41, 5.74) is -0.103. The van der Waals surface area contributed by atoms with Crippen LogP contribution < -0.4 is 5.32 Å². The van der Waals surface area contributed by atoms with E-state index in [0.29, 0.717) is 6.42 Å². The predicted octanol–water partition coefficient (Wildman–Crippen LogP) is 1.61. The summed E-state index contributed by atoms with van der Waals surface area (Å²) in [5, 5.41) is 2.88. The van der Waals surface area contributed by atoms with Crippen LogP contribution in [0.1, 0.15) is 33.6 Å². The van der Waals surface area contributed by atoms with Gasteiger partial charge in [-0.05, 0) is 32.9 Å². The van der Waals surface area contributed by atoms with Gasteiger partial charge in [0.15, 0.2) is 0 Å². The number of hydrogen-bond donors (Lipinski definition) is 2. The third-order valence-corrected chi connectivity index (χ3v) is 1.39. The van der Waals surface area contributed by atoms with Gasteiger partial charge < -0.3 is 5.32 Å². The van der Waals surface area contributed by atoms with Gasteiger partial charge in [0.1, 0.15) is 0 Å². The molecule has 0 aromatic heterocycles. The number of amides is 1. The maximum atomic E-state index is 11.1. The SMILES string of the molecule is CC(C)(C)NC(=O)CCCS. The average Bonchev–Trinajstić information content (AvgIpc) is 1.79. The highest BCUT2D eigenvalue weighted by molar-refractivity contribution is 7.80. The van der Waals surface area contributed by atoms with Crippen molar-refractivity contribution in [3.63, 3.8) is 0 Å². The van der Waals surface area contributed by atoms with Crippen molar-refractivity contribution in [3.05, 3.63) is 0 Å². The van der Waals surface area contributed by atoms with Gasteiger partial charge in [0.2, 0.25) is 5.91 Å². The zero-order chi connectivity index (χ0) is 8.91. The number of carbonyl (C=O) groups is 1. The van der Waals surface area contributed by atoms with Crippen molar-refractivity contribution in [2.75, 3.05) is 5.75 Å². The molecule has 0 saturated carbocycles. The molecule has 0 aliphatic carbocycles. The summed E-state index contributed by atoms with van der Waals surface area (Å²) < 4.78 is 0. The Labute approximate surface area is 74.2 Å². The third kappa shape index (κ3) is 7.72. The van der Waals surface area contributed by atoms with E-state index in [2.05, 4.69) is 17.9 Å². The van der Waals surface area contributed by atoms with Crippen molar-refractivity contribution in [1.29, 1.82) is 0 Å². The summed E-state index contributed by atoms with van der Waals surface area (Å²) in [6, 6.07) is 0. The van der Waals surface area contributed by atoms with Gasteiger partial charge in [-0.15, -0.1) is 0 Å². The molecule has 0 bridgehead atoms. The number of thiol groups is 1. The van der Waals surface area contributed by atoms with Gasteiger partial charge in [-0.1, -0.05) is 0 Å². The molecule has 1 amide bonds. The lowest BCUT2D eigenvalue weighted by Gasteiger charge is -2.20. The van der Waals surface area contributed by atoms with Gasteiger partial charge in [-0.3, -0.25) is 4.79 Å². The largest absolute Gasteiger partial charge is 0.352 e. The topological polar surface area (TPSA) is 29.1 Å². The zero-order valence-corrected chi connectivity index (χ0v) is 8.37. The van der Waals surface area contributed by atoms with E-state index in [-0.39, 0.29) is 11.4 Å². The van der Waals surface area contributed by atoms with Crippen molar-refractivity contribution >= 4 is 18.5 Å². The second-order valence-electron chi connectivity index (χ2n) is 3.63. The Morgan fingerprint density at radius 1 is 1.45 bits per heavy atom. The lowest BCUT2D eigenvalue weighted by atomic mass is 10.1. The number of nitrogens with one attached hydrogen (secondary N) is 1. The molecule has 3 heteroatoms. The summed E-state index contributed by atoms with van der Waals surface area (Å²) in [6.07, 6.45) is 1.44. The molecule has 0 atom stereocenters. The second-order valence-corrected chi connectivity index (χ2v) is 4.07. The molecular formula is C8H17NOS. The molecule has 0 spiro atoms. The van der Waals surface area contributed by atoms with Crippen LogP contribution in [0, 0.1) is 0 Å². The first-order valence-electron chi connectivity index (χ1n) is 3.87. The Hall–Kier alpha value is -0.180. The van der Waals surface area contributed by atoms with Gasteiger partial charge in [0, 0.05) is 12.0 Å². The first-order chi connectivity index (χ1) is 4.95. The highest BCUT2D eigenvalue weighted by Crippen LogP contribution is 2.00. The molecule has 0 aromatic carbocycles. The molecule has 11 heavy (non-hydrogen) atoms. The van der Waals surface area contributed by atoms with E-state index in [1.54, 1.807) is 0 Å². The molecule has 0 rings (SSSR count). The molecule has 0 heterocycles. The number of hydrogen-bond acceptors (Lipinski definition) is 2. The van der Waals surface area contributed by atoms with E-state index in [1.807, 2.05) is 20.8 Å². The van der Waals surface area contributed by atoms with Crippen LogP contribution in [0.15, 0.2) is 0 Å². The second kappa shape index (κ2) is 4.65. The third-order valence-electron chi connectivity index (χ3n) is 1.08. The molecule has 2 nitrogen and oxygen atoms in total. The standard InChI is InChI=1S/C8H17NOS/c1-8(2,3)9-7(10)5-4-6-11/h11H,4-6H2,1-3H3,(H,9,10). The van der Waals surface area contributed by atoms with Gasteiger partial charge >= 0.3 is 0 Å². The lowest BCUT2D eigenvalue weighted by Crippen LogP contribution is -2.40. The Kier molecular flexibility index (Phi) is 4.57. The first-order valence-corrected chi connectivity index (χ1v) is 4.51. The quantitative estimate of drug-likeness (QED) is 0.627. The molecule has 0 unspecified atom stereocenters. The van der Waals surface area contributed by atoms with Crippen LogP contribution in [0.5, 0.6) is 0 Å². The van der Waals surface area contributed by atoms with Crippen LogP contribution in [0.2, 0.25) is 0 Å². The minimum Gasteiger partial charge on any atom is -0.352 e. The van der Waals surface area contributed by atoms with E-state index in [9.17, 15) is 4.79 Å². The van der Waals surface area contributed by atoms with Crippen molar-refractivity contribution in [2.24, 2.45) is 0 Å². The molecule has 0 fully saturated rings. The highest BCUT2D eigenvalue weighted by Gasteiger charge is 2.12. The van der Waals surface area contributed by atoms with E-state index in [0.717, 1.165) is 12.2 Å². The van der Waals surface area contributed by atoms with Gasteiger partial charge in [0.05, 0.1) is 0 Å². The van der Waals surface area contributed by atoms with Crippen molar-refractivity contribution in [3.8, 4) is 0 Å². The minimum absolute atomic E-state index is 0.103. The van der Waals surface area contributed by atoms with Crippen LogP contribution in [-0.4, -0.2) is 17.2 Å². The summed E-state index contributed by atoms with van der Waals surface area (Å²) in [6.45, 7) is 5.93. The van der Waals surface area contributed by atoms with Crippen LogP contribution in [-0.2, 0) is 4.79 Å². The van der Waals surface area contributed by atoms with Crippen LogP contribution in [0.3, 0.4) is 0 Å². The molecule has 0 aliphatic heterocycles. The number of rotatable bonds is 3. The first kappa shape index (κ1) is 10.8. The van der Waals surface area contributed by atoms with Crippen LogP contribution in [0.25, 0.3) is 0 Å². The van der Waals surface area contributed by atoms with Crippen molar-refractivity contribution in [2.45, 2.75) is 39.2 Å². The van der Waals surface area contributed by atoms with Gasteiger partial charge in [-0.25, -0.2) is 0 Å². The molecular weight excluding hydrogens is 158 g/mol. The fourth-order valence-electron chi connectivity index (χ4n) is 0.720. The van der Waals surface area contributed by atoms with Crippen LogP contribution >= 0.6 is 12.6 Å². The summed E-state index contributed by atoms with van der Waals surface area (Å²) >= 11 is 4.03. The minimum atomic E-state index is -0.103. The normalized spacial score (nSPS) is 11.3. The molecule has 1 N–H and O–H groups in total. The monoisotopic (exact) mass is 175 g/mol. The Balaban J connectivity index is 3.53. The van der Waals surface area contributed by atoms with E-state index in [4.69, 9.17) is 0 Å². The fraction of sp³-hybridized carbons (Fsp3) is 0.875. The highest BCUT2D eigenvalue weighted by atomic mass is 32.1. The maximum Gasteiger partial charge on any atom is 0.220 e. The predicted molar refractivity (Wildman–Crippen MR) is 51.0 cm³/mol. The van der Waals surface area contributed by atoms with E-state index in [1.165, 1.54) is 0 Å². The average molecular weight is 175 g/mol. The Morgan fingerprint density at radius 3 is 2.36 bits per heavy atom. The lowest BCUT2D eigenvalue weighted by molar-refractivity contribution is -0.122. The maximum absolute atomic E-state index is 11.1. The molecule has 0 aliphatic rings. The smallest absolute Gasteiger partial charge is 0.220 e. The van der Waals surface area contributed by atoms with Gasteiger partial charge in [-0.2, -0.15) is 12.6 Å². The van der Waals surface area contributed by atoms with Gasteiger partial charge in [0.25, 0.3) is 0 Å². The molecule has 0 saturated heterocycles. The van der Waals surface area contributed by atoms with Crippen LogP contribution in [0.4, 0.5) is 0 Å². The van der Waals surface area contributed by atoms with Crippen molar-refractivity contribution in [1.82, 2.24) is 5.32 Å². The Bertz CT molecular complexity index is 129. The van der Waals surface area contributed by atoms with Crippen molar-refractivity contribution < 1.29 is 4.79 Å². The molecule has 0 radical (unpaired) electrons. The summed E-state index contributed by atoms with van der Waals surface area (Å²) in [7, 11) is 0. The Morgan fingerprint density at radius 2 is 2.00 bits per heavy atom.